The first-order valence-electron chi connectivity index (χ1n) is 8.33. The third-order valence-corrected chi connectivity index (χ3v) is 3.68. The van der Waals surface area contributed by atoms with E-state index in [9.17, 15) is 9.59 Å². The molecule has 2 amide bonds. The Morgan fingerprint density at radius 1 is 1.20 bits per heavy atom. The van der Waals surface area contributed by atoms with Crippen molar-refractivity contribution in [3.05, 3.63) is 54.2 Å². The molecular formula is C19H25N3O3. The number of aromatic nitrogens is 1. The predicted octanol–water partition coefficient (Wildman–Crippen LogP) is 2.76. The predicted molar refractivity (Wildman–Crippen MR) is 94.3 cm³/mol. The fraction of sp³-hybridized carbons (Fsp3) is 0.421. The van der Waals surface area contributed by atoms with Crippen molar-refractivity contribution >= 4 is 11.8 Å². The summed E-state index contributed by atoms with van der Waals surface area (Å²) in [6.07, 6.45) is 5.27. The third kappa shape index (κ3) is 6.06. The molecule has 0 atom stereocenters. The summed E-state index contributed by atoms with van der Waals surface area (Å²) in [5, 5.41) is 2.81. The standard InChI is InChI=1S/C19H25N3O3/c1-19(2,3)18(24)21-10-8-17(23)22(14-16-7-5-11-25-16)13-15-6-4-9-20-12-15/h4-7,9,11-12H,8,10,13-14H2,1-3H3,(H,21,24). The van der Waals surface area contributed by atoms with Crippen LogP contribution in [0.25, 0.3) is 0 Å². The second-order valence-corrected chi connectivity index (χ2v) is 6.95. The Labute approximate surface area is 148 Å². The number of nitrogens with one attached hydrogen (secondary N) is 1. The van der Waals surface area contributed by atoms with E-state index in [1.54, 1.807) is 29.6 Å². The molecule has 0 unspecified atom stereocenters. The summed E-state index contributed by atoms with van der Waals surface area (Å²) in [4.78, 5) is 30.3. The summed E-state index contributed by atoms with van der Waals surface area (Å²) in [6.45, 7) is 6.67. The van der Waals surface area contributed by atoms with Crippen LogP contribution in [0.3, 0.4) is 0 Å². The molecule has 2 rings (SSSR count). The maximum atomic E-state index is 12.6. The van der Waals surface area contributed by atoms with Crippen molar-refractivity contribution in [3.63, 3.8) is 0 Å². The van der Waals surface area contributed by atoms with Crippen LogP contribution in [0.5, 0.6) is 0 Å². The van der Waals surface area contributed by atoms with Crippen LogP contribution in [0, 0.1) is 5.41 Å². The van der Waals surface area contributed by atoms with Crippen LogP contribution in [-0.4, -0.2) is 28.2 Å². The lowest BCUT2D eigenvalue weighted by atomic mass is 9.96. The van der Waals surface area contributed by atoms with Crippen LogP contribution in [0.2, 0.25) is 0 Å². The number of furan rings is 1. The highest BCUT2D eigenvalue weighted by atomic mass is 16.3. The van der Waals surface area contributed by atoms with Gasteiger partial charge in [-0.25, -0.2) is 0 Å². The van der Waals surface area contributed by atoms with Crippen molar-refractivity contribution in [2.75, 3.05) is 6.54 Å². The Bertz CT molecular complexity index is 676. The molecule has 2 heterocycles. The van der Waals surface area contributed by atoms with E-state index >= 15 is 0 Å². The van der Waals surface area contributed by atoms with Gasteiger partial charge < -0.3 is 14.6 Å². The highest BCUT2D eigenvalue weighted by molar-refractivity contribution is 5.82. The fourth-order valence-corrected chi connectivity index (χ4v) is 2.24. The molecule has 0 saturated heterocycles. The smallest absolute Gasteiger partial charge is 0.225 e. The van der Waals surface area contributed by atoms with Gasteiger partial charge in [0.15, 0.2) is 0 Å². The average molecular weight is 343 g/mol. The summed E-state index contributed by atoms with van der Waals surface area (Å²) in [7, 11) is 0. The van der Waals surface area contributed by atoms with Crippen LogP contribution < -0.4 is 5.32 Å². The van der Waals surface area contributed by atoms with Crippen molar-refractivity contribution in [1.29, 1.82) is 0 Å². The van der Waals surface area contributed by atoms with Crippen molar-refractivity contribution < 1.29 is 14.0 Å². The number of nitrogens with zero attached hydrogens (tertiary/aromatic N) is 2. The monoisotopic (exact) mass is 343 g/mol. The highest BCUT2D eigenvalue weighted by Gasteiger charge is 2.21. The van der Waals surface area contributed by atoms with Crippen molar-refractivity contribution in [2.45, 2.75) is 40.3 Å². The molecule has 2 aromatic rings. The zero-order valence-corrected chi connectivity index (χ0v) is 15.0. The summed E-state index contributed by atoms with van der Waals surface area (Å²) in [5.74, 6) is 0.607. The molecule has 0 fully saturated rings. The van der Waals surface area contributed by atoms with E-state index in [2.05, 4.69) is 10.3 Å². The summed E-state index contributed by atoms with van der Waals surface area (Å²) < 4.78 is 5.36. The number of pyridine rings is 1. The van der Waals surface area contributed by atoms with Gasteiger partial charge in [-0.1, -0.05) is 26.8 Å². The molecule has 0 aliphatic carbocycles. The molecule has 0 saturated carbocycles. The minimum atomic E-state index is -0.466. The zero-order valence-electron chi connectivity index (χ0n) is 15.0. The van der Waals surface area contributed by atoms with Crippen molar-refractivity contribution in [2.24, 2.45) is 5.41 Å². The molecule has 25 heavy (non-hydrogen) atoms. The van der Waals surface area contributed by atoms with E-state index in [4.69, 9.17) is 4.42 Å². The van der Waals surface area contributed by atoms with Gasteiger partial charge in [0.25, 0.3) is 0 Å². The minimum absolute atomic E-state index is 0.0468. The molecular weight excluding hydrogens is 318 g/mol. The lowest BCUT2D eigenvalue weighted by molar-refractivity contribution is -0.133. The van der Waals surface area contributed by atoms with Gasteiger partial charge in [0.1, 0.15) is 5.76 Å². The first-order chi connectivity index (χ1) is 11.9. The van der Waals surface area contributed by atoms with Gasteiger partial charge in [-0.3, -0.25) is 14.6 Å². The topological polar surface area (TPSA) is 75.4 Å². The minimum Gasteiger partial charge on any atom is -0.467 e. The van der Waals surface area contributed by atoms with Gasteiger partial charge in [-0.05, 0) is 23.8 Å². The number of carbonyl (C=O) groups excluding carboxylic acids is 2. The van der Waals surface area contributed by atoms with E-state index in [-0.39, 0.29) is 18.2 Å². The van der Waals surface area contributed by atoms with Crippen LogP contribution in [0.1, 0.15) is 38.5 Å². The molecule has 0 aromatic carbocycles. The Kier molecular flexibility index (Phi) is 6.33. The van der Waals surface area contributed by atoms with Crippen LogP contribution in [0.15, 0.2) is 47.3 Å². The molecule has 0 radical (unpaired) electrons. The zero-order chi connectivity index (χ0) is 18.3. The Balaban J connectivity index is 1.96. The van der Waals surface area contributed by atoms with E-state index < -0.39 is 5.41 Å². The number of carbonyl (C=O) groups is 2. The second kappa shape index (κ2) is 8.46. The molecule has 6 nitrogen and oxygen atoms in total. The van der Waals surface area contributed by atoms with Gasteiger partial charge in [-0.15, -0.1) is 0 Å². The Hall–Kier alpha value is -2.63. The molecule has 0 spiro atoms. The maximum absolute atomic E-state index is 12.6. The normalized spacial score (nSPS) is 11.2. The van der Waals surface area contributed by atoms with Gasteiger partial charge >= 0.3 is 0 Å². The lowest BCUT2D eigenvalue weighted by Crippen LogP contribution is -2.38. The van der Waals surface area contributed by atoms with Gasteiger partial charge in [-0.2, -0.15) is 0 Å². The summed E-state index contributed by atoms with van der Waals surface area (Å²) >= 11 is 0. The van der Waals surface area contributed by atoms with Gasteiger partial charge in [0, 0.05) is 37.3 Å². The summed E-state index contributed by atoms with van der Waals surface area (Å²) in [6, 6.07) is 7.40. The first kappa shape index (κ1) is 18.7. The SMILES string of the molecule is CC(C)(C)C(=O)NCCC(=O)N(Cc1cccnc1)Cc1ccco1. The largest absolute Gasteiger partial charge is 0.467 e. The molecule has 0 bridgehead atoms. The number of hydrogen-bond donors (Lipinski definition) is 1. The van der Waals surface area contributed by atoms with E-state index in [1.807, 2.05) is 39.0 Å². The van der Waals surface area contributed by atoms with Gasteiger partial charge in [0.2, 0.25) is 11.8 Å². The molecule has 0 aliphatic heterocycles. The Morgan fingerprint density at radius 2 is 2.00 bits per heavy atom. The average Bonchev–Trinajstić information content (AvgIpc) is 3.07. The van der Waals surface area contributed by atoms with Gasteiger partial charge in [0.05, 0.1) is 12.8 Å². The number of hydrogen-bond acceptors (Lipinski definition) is 4. The first-order valence-corrected chi connectivity index (χ1v) is 8.33. The fourth-order valence-electron chi connectivity index (χ4n) is 2.24. The molecule has 1 N–H and O–H groups in total. The molecule has 6 heteroatoms. The molecule has 134 valence electrons. The van der Waals surface area contributed by atoms with E-state index in [0.29, 0.717) is 19.6 Å². The maximum Gasteiger partial charge on any atom is 0.225 e. The second-order valence-electron chi connectivity index (χ2n) is 6.95. The lowest BCUT2D eigenvalue weighted by Gasteiger charge is -2.23. The quantitative estimate of drug-likeness (QED) is 0.839. The third-order valence-electron chi connectivity index (χ3n) is 3.68. The summed E-state index contributed by atoms with van der Waals surface area (Å²) in [5.41, 5.74) is 0.480. The highest BCUT2D eigenvalue weighted by Crippen LogP contribution is 2.13. The van der Waals surface area contributed by atoms with Crippen molar-refractivity contribution in [1.82, 2.24) is 15.2 Å². The van der Waals surface area contributed by atoms with E-state index in [0.717, 1.165) is 11.3 Å². The van der Waals surface area contributed by atoms with Crippen LogP contribution >= 0.6 is 0 Å². The van der Waals surface area contributed by atoms with Crippen molar-refractivity contribution in [3.8, 4) is 0 Å². The number of rotatable bonds is 7. The van der Waals surface area contributed by atoms with Crippen LogP contribution in [0.4, 0.5) is 0 Å². The Morgan fingerprint density at radius 3 is 2.60 bits per heavy atom. The molecule has 2 aromatic heterocycles. The number of amides is 2. The van der Waals surface area contributed by atoms with E-state index in [1.165, 1.54) is 0 Å². The van der Waals surface area contributed by atoms with Crippen LogP contribution in [-0.2, 0) is 22.7 Å². The molecule has 0 aliphatic rings.